The third kappa shape index (κ3) is 5.78. The molecule has 0 spiro atoms. The van der Waals surface area contributed by atoms with Gasteiger partial charge in [-0.25, -0.2) is 4.79 Å². The van der Waals surface area contributed by atoms with Crippen LogP contribution in [0.25, 0.3) is 0 Å². The molecule has 0 heterocycles. The Morgan fingerprint density at radius 1 is 0.818 bits per heavy atom. The SMILES string of the molecule is COC(=O)[C@H](NC(=O)[C@H](O)c1ccc(C(F)(F)F)cc1)C(c1ccccc1)c1ccccc1. The number of carbonyl (C=O) groups is 2. The highest BCUT2D eigenvalue weighted by Gasteiger charge is 2.35. The predicted octanol–water partition coefficient (Wildman–Crippen LogP) is 4.23. The van der Waals surface area contributed by atoms with Gasteiger partial charge in [0.25, 0.3) is 5.91 Å². The zero-order chi connectivity index (χ0) is 24.0. The van der Waals surface area contributed by atoms with Crippen LogP contribution in [-0.4, -0.2) is 30.1 Å². The van der Waals surface area contributed by atoms with Gasteiger partial charge >= 0.3 is 12.1 Å². The lowest BCUT2D eigenvalue weighted by molar-refractivity contribution is -0.146. The number of benzene rings is 3. The summed E-state index contributed by atoms with van der Waals surface area (Å²) in [5, 5.41) is 13.0. The van der Waals surface area contributed by atoms with Crippen LogP contribution in [0.15, 0.2) is 84.9 Å². The van der Waals surface area contributed by atoms with Gasteiger partial charge in [0.2, 0.25) is 0 Å². The third-order valence-corrected chi connectivity index (χ3v) is 5.21. The van der Waals surface area contributed by atoms with E-state index in [1.807, 2.05) is 12.1 Å². The largest absolute Gasteiger partial charge is 0.467 e. The fourth-order valence-corrected chi connectivity index (χ4v) is 3.54. The number of aliphatic hydroxyl groups is 1. The van der Waals surface area contributed by atoms with Crippen molar-refractivity contribution in [1.82, 2.24) is 5.32 Å². The molecule has 0 aliphatic heterocycles. The van der Waals surface area contributed by atoms with Gasteiger partial charge in [0.15, 0.2) is 6.10 Å². The molecule has 2 atom stereocenters. The number of nitrogens with one attached hydrogen (secondary N) is 1. The molecule has 3 rings (SSSR count). The topological polar surface area (TPSA) is 75.6 Å². The zero-order valence-electron chi connectivity index (χ0n) is 17.6. The maximum Gasteiger partial charge on any atom is 0.416 e. The fourth-order valence-electron chi connectivity index (χ4n) is 3.54. The average molecular weight is 457 g/mol. The lowest BCUT2D eigenvalue weighted by Crippen LogP contribution is -2.47. The second kappa shape index (κ2) is 10.3. The summed E-state index contributed by atoms with van der Waals surface area (Å²) in [6, 6.07) is 20.4. The van der Waals surface area contributed by atoms with E-state index in [0.29, 0.717) is 0 Å². The lowest BCUT2D eigenvalue weighted by atomic mass is 9.84. The van der Waals surface area contributed by atoms with Crippen molar-refractivity contribution in [2.45, 2.75) is 24.2 Å². The molecule has 0 bridgehead atoms. The number of amides is 1. The molecule has 3 aromatic carbocycles. The van der Waals surface area contributed by atoms with Gasteiger partial charge in [-0.15, -0.1) is 0 Å². The summed E-state index contributed by atoms with van der Waals surface area (Å²) in [6.07, 6.45) is -6.33. The Labute approximate surface area is 188 Å². The van der Waals surface area contributed by atoms with Crippen LogP contribution in [0.3, 0.4) is 0 Å². The van der Waals surface area contributed by atoms with E-state index < -0.39 is 41.7 Å². The Balaban J connectivity index is 1.92. The van der Waals surface area contributed by atoms with E-state index in [1.165, 1.54) is 7.11 Å². The number of alkyl halides is 3. The van der Waals surface area contributed by atoms with Gasteiger partial charge in [-0.1, -0.05) is 72.8 Å². The summed E-state index contributed by atoms with van der Waals surface area (Å²) in [5.74, 6) is -2.31. The molecule has 1 amide bonds. The van der Waals surface area contributed by atoms with Crippen molar-refractivity contribution in [3.8, 4) is 0 Å². The van der Waals surface area contributed by atoms with Crippen molar-refractivity contribution in [3.05, 3.63) is 107 Å². The molecule has 0 saturated carbocycles. The number of carbonyl (C=O) groups excluding carboxylic acids is 2. The van der Waals surface area contributed by atoms with Crippen molar-refractivity contribution in [2.75, 3.05) is 7.11 Å². The second-order valence-corrected chi connectivity index (χ2v) is 7.33. The summed E-state index contributed by atoms with van der Waals surface area (Å²) in [4.78, 5) is 25.5. The Morgan fingerprint density at radius 2 is 1.30 bits per heavy atom. The molecule has 0 radical (unpaired) electrons. The highest BCUT2D eigenvalue weighted by atomic mass is 19.4. The number of rotatable bonds is 7. The summed E-state index contributed by atoms with van der Waals surface area (Å²) in [5.41, 5.74) is 0.506. The van der Waals surface area contributed by atoms with Crippen LogP contribution < -0.4 is 5.32 Å². The van der Waals surface area contributed by atoms with E-state index in [0.717, 1.165) is 35.4 Å². The van der Waals surface area contributed by atoms with Crippen LogP contribution in [0, 0.1) is 0 Å². The second-order valence-electron chi connectivity index (χ2n) is 7.33. The smallest absolute Gasteiger partial charge is 0.416 e. The molecule has 8 heteroatoms. The summed E-state index contributed by atoms with van der Waals surface area (Å²) in [6.45, 7) is 0. The number of aliphatic hydroxyl groups excluding tert-OH is 1. The minimum Gasteiger partial charge on any atom is -0.467 e. The summed E-state index contributed by atoms with van der Waals surface area (Å²) >= 11 is 0. The maximum atomic E-state index is 12.8. The quantitative estimate of drug-likeness (QED) is 0.521. The Morgan fingerprint density at radius 3 is 1.73 bits per heavy atom. The van der Waals surface area contributed by atoms with Crippen molar-refractivity contribution in [3.63, 3.8) is 0 Å². The monoisotopic (exact) mass is 457 g/mol. The summed E-state index contributed by atoms with van der Waals surface area (Å²) in [7, 11) is 1.18. The first-order valence-corrected chi connectivity index (χ1v) is 10.1. The van der Waals surface area contributed by atoms with Gasteiger partial charge in [0.1, 0.15) is 6.04 Å². The summed E-state index contributed by atoms with van der Waals surface area (Å²) < 4.78 is 43.3. The van der Waals surface area contributed by atoms with Crippen LogP contribution in [-0.2, 0) is 20.5 Å². The molecule has 33 heavy (non-hydrogen) atoms. The normalized spacial score (nSPS) is 13.3. The van der Waals surface area contributed by atoms with Gasteiger partial charge in [0, 0.05) is 5.92 Å². The molecular weight excluding hydrogens is 435 g/mol. The van der Waals surface area contributed by atoms with E-state index in [-0.39, 0.29) is 5.56 Å². The number of esters is 1. The standard InChI is InChI=1S/C25H22F3NO4/c1-33-24(32)21(20(16-8-4-2-5-9-16)17-10-6-3-7-11-17)29-23(31)22(30)18-12-14-19(15-13-18)25(26,27)28/h2-15,20-22,30H,1H3,(H,29,31)/t21-,22-/m1/s1. The molecule has 0 unspecified atom stereocenters. The number of hydrogen-bond acceptors (Lipinski definition) is 4. The average Bonchev–Trinajstić information content (AvgIpc) is 2.83. The number of methoxy groups -OCH3 is 1. The highest BCUT2D eigenvalue weighted by Crippen LogP contribution is 2.31. The predicted molar refractivity (Wildman–Crippen MR) is 115 cm³/mol. The molecule has 0 saturated heterocycles. The van der Waals surface area contributed by atoms with Gasteiger partial charge in [-0.2, -0.15) is 13.2 Å². The van der Waals surface area contributed by atoms with E-state index in [4.69, 9.17) is 4.74 Å². The van der Waals surface area contributed by atoms with Crippen LogP contribution in [0.4, 0.5) is 13.2 Å². The Hall–Kier alpha value is -3.65. The van der Waals surface area contributed by atoms with Crippen LogP contribution in [0.1, 0.15) is 34.3 Å². The molecule has 5 nitrogen and oxygen atoms in total. The van der Waals surface area contributed by atoms with Crippen molar-refractivity contribution in [1.29, 1.82) is 0 Å². The molecule has 0 aliphatic carbocycles. The number of hydrogen-bond donors (Lipinski definition) is 2. The molecule has 0 fully saturated rings. The molecular formula is C25H22F3NO4. The third-order valence-electron chi connectivity index (χ3n) is 5.21. The first-order chi connectivity index (χ1) is 15.7. The van der Waals surface area contributed by atoms with E-state index >= 15 is 0 Å². The van der Waals surface area contributed by atoms with Crippen LogP contribution in [0.5, 0.6) is 0 Å². The zero-order valence-corrected chi connectivity index (χ0v) is 17.6. The first-order valence-electron chi connectivity index (χ1n) is 10.1. The van der Waals surface area contributed by atoms with Crippen molar-refractivity contribution in [2.24, 2.45) is 0 Å². The molecule has 0 aliphatic rings. The molecule has 3 aromatic rings. The van der Waals surface area contributed by atoms with Crippen LogP contribution >= 0.6 is 0 Å². The number of ether oxygens (including phenoxy) is 1. The van der Waals surface area contributed by atoms with E-state index in [2.05, 4.69) is 5.32 Å². The van der Waals surface area contributed by atoms with E-state index in [1.54, 1.807) is 48.5 Å². The Kier molecular flexibility index (Phi) is 7.50. The minimum atomic E-state index is -4.54. The fraction of sp³-hybridized carbons (Fsp3) is 0.200. The maximum absolute atomic E-state index is 12.8. The van der Waals surface area contributed by atoms with Crippen molar-refractivity contribution < 1.29 is 32.6 Å². The highest BCUT2D eigenvalue weighted by molar-refractivity contribution is 5.88. The lowest BCUT2D eigenvalue weighted by Gasteiger charge is -2.28. The Bertz CT molecular complexity index is 1030. The minimum absolute atomic E-state index is 0.0416. The molecule has 0 aromatic heterocycles. The first kappa shape index (κ1) is 24.0. The van der Waals surface area contributed by atoms with Crippen LogP contribution in [0.2, 0.25) is 0 Å². The van der Waals surface area contributed by atoms with E-state index in [9.17, 15) is 27.9 Å². The molecule has 2 N–H and O–H groups in total. The van der Waals surface area contributed by atoms with Gasteiger partial charge in [0.05, 0.1) is 12.7 Å². The van der Waals surface area contributed by atoms with Gasteiger partial charge in [-0.3, -0.25) is 4.79 Å². The number of halogens is 3. The van der Waals surface area contributed by atoms with Gasteiger partial charge < -0.3 is 15.2 Å². The van der Waals surface area contributed by atoms with Crippen molar-refractivity contribution >= 4 is 11.9 Å². The molecule has 172 valence electrons. The van der Waals surface area contributed by atoms with Gasteiger partial charge in [-0.05, 0) is 28.8 Å².